The van der Waals surface area contributed by atoms with E-state index >= 15 is 0 Å². The van der Waals surface area contributed by atoms with Crippen LogP contribution in [0.3, 0.4) is 0 Å². The Bertz CT molecular complexity index is 1240. The summed E-state index contributed by atoms with van der Waals surface area (Å²) in [6.07, 6.45) is -3.02. The normalized spacial score (nSPS) is 18.1. The first-order valence-electron chi connectivity index (χ1n) is 9.79. The molecule has 0 bridgehead atoms. The first-order valence-corrected chi connectivity index (χ1v) is 9.79. The molecule has 3 N–H and O–H groups in total. The van der Waals surface area contributed by atoms with Gasteiger partial charge >= 0.3 is 12.2 Å². The van der Waals surface area contributed by atoms with Crippen molar-refractivity contribution in [3.63, 3.8) is 0 Å². The Morgan fingerprint density at radius 3 is 2.36 bits per heavy atom. The van der Waals surface area contributed by atoms with Gasteiger partial charge in [0.05, 0.1) is 17.8 Å². The van der Waals surface area contributed by atoms with Crippen molar-refractivity contribution >= 4 is 17.8 Å². The van der Waals surface area contributed by atoms with Gasteiger partial charge in [-0.15, -0.1) is 0 Å². The summed E-state index contributed by atoms with van der Waals surface area (Å²) < 4.78 is 40.1. The van der Waals surface area contributed by atoms with Crippen molar-refractivity contribution < 1.29 is 27.6 Å². The number of aryl methyl sites for hydroxylation is 1. The van der Waals surface area contributed by atoms with Crippen LogP contribution in [0.15, 0.2) is 60.8 Å². The molecule has 0 saturated carbocycles. The summed E-state index contributed by atoms with van der Waals surface area (Å²) >= 11 is 0. The summed E-state index contributed by atoms with van der Waals surface area (Å²) in [6, 6.07) is 11.7. The summed E-state index contributed by atoms with van der Waals surface area (Å²) in [7, 11) is 1.59. The van der Waals surface area contributed by atoms with Crippen LogP contribution in [0.2, 0.25) is 0 Å². The number of imide groups is 1. The molecule has 1 aliphatic heterocycles. The molecule has 1 atom stereocenters. The molecule has 0 radical (unpaired) electrons. The number of aromatic nitrogens is 2. The van der Waals surface area contributed by atoms with Crippen molar-refractivity contribution in [3.05, 3.63) is 77.6 Å². The number of carbonyl (C=O) groups is 3. The number of urea groups is 1. The zero-order valence-corrected chi connectivity index (χ0v) is 17.2. The van der Waals surface area contributed by atoms with Gasteiger partial charge in [0.15, 0.2) is 5.54 Å². The number of nitrogens with one attached hydrogen (secondary N) is 3. The maximum atomic E-state index is 13.0. The zero-order valence-electron chi connectivity index (χ0n) is 17.2. The van der Waals surface area contributed by atoms with E-state index in [4.69, 9.17) is 0 Å². The van der Waals surface area contributed by atoms with E-state index in [2.05, 4.69) is 21.0 Å². The van der Waals surface area contributed by atoms with Crippen molar-refractivity contribution in [2.45, 2.75) is 11.7 Å². The van der Waals surface area contributed by atoms with Crippen LogP contribution in [0.1, 0.15) is 21.6 Å². The van der Waals surface area contributed by atoms with Crippen LogP contribution < -0.4 is 16.0 Å². The highest BCUT2D eigenvalue weighted by atomic mass is 19.4. The Morgan fingerprint density at radius 2 is 1.79 bits per heavy atom. The Labute approximate surface area is 185 Å². The van der Waals surface area contributed by atoms with Gasteiger partial charge in [0.1, 0.15) is 0 Å². The predicted octanol–water partition coefficient (Wildman–Crippen LogP) is 2.57. The van der Waals surface area contributed by atoms with Crippen LogP contribution in [-0.2, 0) is 23.6 Å². The number of rotatable bonds is 5. The third-order valence-corrected chi connectivity index (χ3v) is 5.41. The summed E-state index contributed by atoms with van der Waals surface area (Å²) in [4.78, 5) is 37.5. The zero-order chi connectivity index (χ0) is 23.8. The van der Waals surface area contributed by atoms with Gasteiger partial charge in [0.25, 0.3) is 11.8 Å². The van der Waals surface area contributed by atoms with Crippen LogP contribution in [0.25, 0.3) is 11.1 Å². The molecular weight excluding hydrogens is 439 g/mol. The smallest absolute Gasteiger partial charge is 0.349 e. The summed E-state index contributed by atoms with van der Waals surface area (Å²) in [5, 5.41) is 11.4. The van der Waals surface area contributed by atoms with Crippen LogP contribution in [0.5, 0.6) is 0 Å². The van der Waals surface area contributed by atoms with Crippen LogP contribution in [-0.4, -0.2) is 34.2 Å². The monoisotopic (exact) mass is 457 g/mol. The van der Waals surface area contributed by atoms with Crippen molar-refractivity contribution in [1.82, 2.24) is 25.7 Å². The lowest BCUT2D eigenvalue weighted by molar-refractivity contribution is -0.137. The number of hydrogen-bond acceptors (Lipinski definition) is 4. The lowest BCUT2D eigenvalue weighted by Crippen LogP contribution is -2.53. The Kier molecular flexibility index (Phi) is 5.40. The number of alkyl halides is 3. The van der Waals surface area contributed by atoms with Gasteiger partial charge in [-0.1, -0.05) is 30.3 Å². The molecule has 0 aliphatic carbocycles. The molecule has 2 heterocycles. The molecule has 1 aliphatic rings. The number of halogens is 3. The molecule has 170 valence electrons. The van der Waals surface area contributed by atoms with Gasteiger partial charge in [0, 0.05) is 18.8 Å². The van der Waals surface area contributed by atoms with Crippen LogP contribution in [0.4, 0.5) is 18.0 Å². The minimum atomic E-state index is -4.47. The number of carbonyl (C=O) groups excluding carboxylic acids is 3. The molecule has 33 heavy (non-hydrogen) atoms. The largest absolute Gasteiger partial charge is 0.416 e. The first kappa shape index (κ1) is 22.1. The topological polar surface area (TPSA) is 105 Å². The fraction of sp³-hybridized carbons (Fsp3) is 0.182. The first-order chi connectivity index (χ1) is 15.6. The molecule has 11 heteroatoms. The highest BCUT2D eigenvalue weighted by Gasteiger charge is 2.50. The molecule has 1 fully saturated rings. The second kappa shape index (κ2) is 8.08. The number of benzene rings is 2. The standard InChI is InChI=1S/C22H18F3N5O3/c1-30-17(10-11-27-30)21(19(32)28-20(33)29-21)12-26-18(31)16-5-3-2-4-15(16)13-6-8-14(9-7-13)22(23,24)25/h2-11H,12H2,1H3,(H,26,31)(H2,28,29,32,33). The second-order valence-electron chi connectivity index (χ2n) is 7.46. The van der Waals surface area contributed by atoms with E-state index in [0.717, 1.165) is 12.1 Å². The van der Waals surface area contributed by atoms with Gasteiger partial charge in [-0.25, -0.2) is 4.79 Å². The van der Waals surface area contributed by atoms with Crippen molar-refractivity contribution in [2.24, 2.45) is 7.05 Å². The Balaban J connectivity index is 1.61. The fourth-order valence-electron chi connectivity index (χ4n) is 3.76. The second-order valence-corrected chi connectivity index (χ2v) is 7.46. The molecule has 1 unspecified atom stereocenters. The Hall–Kier alpha value is -4.15. The maximum absolute atomic E-state index is 13.0. The van der Waals surface area contributed by atoms with E-state index in [9.17, 15) is 27.6 Å². The quantitative estimate of drug-likeness (QED) is 0.512. The summed E-state index contributed by atoms with van der Waals surface area (Å²) in [6.45, 7) is -0.274. The molecule has 8 nitrogen and oxygen atoms in total. The third kappa shape index (κ3) is 4.04. The summed E-state index contributed by atoms with van der Waals surface area (Å²) in [5.41, 5.74) is -0.972. The van der Waals surface area contributed by atoms with Gasteiger partial charge in [-0.05, 0) is 35.4 Å². The molecular formula is C22H18F3N5O3. The molecule has 1 saturated heterocycles. The average molecular weight is 457 g/mol. The molecule has 2 aromatic carbocycles. The predicted molar refractivity (Wildman–Crippen MR) is 111 cm³/mol. The lowest BCUT2D eigenvalue weighted by atomic mass is 9.94. The average Bonchev–Trinajstić information content (AvgIpc) is 3.34. The molecule has 4 amide bonds. The van der Waals surface area contributed by atoms with E-state index in [-0.39, 0.29) is 12.1 Å². The van der Waals surface area contributed by atoms with Crippen LogP contribution in [0, 0.1) is 0 Å². The molecule has 3 aromatic rings. The van der Waals surface area contributed by atoms with E-state index < -0.39 is 35.1 Å². The number of amides is 4. The van der Waals surface area contributed by atoms with Gasteiger partial charge in [-0.2, -0.15) is 18.3 Å². The van der Waals surface area contributed by atoms with Gasteiger partial charge in [0.2, 0.25) is 0 Å². The van der Waals surface area contributed by atoms with Crippen molar-refractivity contribution in [1.29, 1.82) is 0 Å². The van der Waals surface area contributed by atoms with Crippen molar-refractivity contribution in [2.75, 3.05) is 6.54 Å². The van der Waals surface area contributed by atoms with Crippen LogP contribution >= 0.6 is 0 Å². The Morgan fingerprint density at radius 1 is 1.09 bits per heavy atom. The van der Waals surface area contributed by atoms with Gasteiger partial charge in [-0.3, -0.25) is 19.6 Å². The van der Waals surface area contributed by atoms with Crippen molar-refractivity contribution in [3.8, 4) is 11.1 Å². The highest BCUT2D eigenvalue weighted by molar-refractivity contribution is 6.08. The van der Waals surface area contributed by atoms with E-state index in [1.165, 1.54) is 29.1 Å². The lowest BCUT2D eigenvalue weighted by Gasteiger charge is -2.26. The van der Waals surface area contributed by atoms with E-state index in [1.807, 2.05) is 0 Å². The molecule has 1 aromatic heterocycles. The fourth-order valence-corrected chi connectivity index (χ4v) is 3.76. The minimum Gasteiger partial charge on any atom is -0.349 e. The van der Waals surface area contributed by atoms with E-state index in [0.29, 0.717) is 16.8 Å². The molecule has 4 rings (SSSR count). The SMILES string of the molecule is Cn1nccc1C1(CNC(=O)c2ccccc2-c2ccc(C(F)(F)F)cc2)NC(=O)NC1=O. The summed E-state index contributed by atoms with van der Waals surface area (Å²) in [5.74, 6) is -1.21. The minimum absolute atomic E-state index is 0.196. The highest BCUT2D eigenvalue weighted by Crippen LogP contribution is 2.32. The van der Waals surface area contributed by atoms with Gasteiger partial charge < -0.3 is 10.6 Å². The number of hydrogen-bond donors (Lipinski definition) is 3. The molecule has 0 spiro atoms. The van der Waals surface area contributed by atoms with E-state index in [1.54, 1.807) is 31.3 Å². The third-order valence-electron chi connectivity index (χ3n) is 5.41. The maximum Gasteiger partial charge on any atom is 0.416 e. The number of nitrogens with zero attached hydrogens (tertiary/aromatic N) is 2.